The van der Waals surface area contributed by atoms with Crippen molar-refractivity contribution in [1.82, 2.24) is 19.2 Å². The van der Waals surface area contributed by atoms with Gasteiger partial charge in [0.05, 0.1) is 12.1 Å². The topological polar surface area (TPSA) is 75.6 Å². The van der Waals surface area contributed by atoms with Crippen molar-refractivity contribution in [3.05, 3.63) is 54.6 Å². The second kappa shape index (κ2) is 7.63. The Balaban J connectivity index is 1.44. The van der Waals surface area contributed by atoms with Crippen molar-refractivity contribution in [3.63, 3.8) is 0 Å². The fourth-order valence-corrected chi connectivity index (χ4v) is 5.53. The summed E-state index contributed by atoms with van der Waals surface area (Å²) in [4.78, 5) is 10.9. The fourth-order valence-electron chi connectivity index (χ4n) is 4.10. The fraction of sp³-hybridized carbons (Fsp3) is 0.474. The highest BCUT2D eigenvalue weighted by atomic mass is 32.2. The average molecular weight is 388 g/mol. The summed E-state index contributed by atoms with van der Waals surface area (Å²) < 4.78 is 32.8. The number of piperidine rings is 1. The highest BCUT2D eigenvalue weighted by molar-refractivity contribution is 7.89. The van der Waals surface area contributed by atoms with Gasteiger partial charge in [0.25, 0.3) is 0 Å². The molecule has 7 nitrogen and oxygen atoms in total. The molecule has 2 aromatic heterocycles. The van der Waals surface area contributed by atoms with Crippen molar-refractivity contribution < 1.29 is 13.2 Å². The number of aromatic nitrogens is 2. The molecule has 2 fully saturated rings. The largest absolute Gasteiger partial charge is 0.378 e. The molecule has 0 N–H and O–H groups in total. The van der Waals surface area contributed by atoms with Gasteiger partial charge in [-0.2, -0.15) is 4.31 Å². The van der Waals surface area contributed by atoms with Crippen LogP contribution in [0.5, 0.6) is 0 Å². The minimum Gasteiger partial charge on any atom is -0.378 e. The molecule has 0 aromatic carbocycles. The van der Waals surface area contributed by atoms with Crippen LogP contribution in [0.1, 0.15) is 24.4 Å². The third-order valence-corrected chi connectivity index (χ3v) is 7.48. The highest BCUT2D eigenvalue weighted by Gasteiger charge is 2.45. The van der Waals surface area contributed by atoms with Gasteiger partial charge in [0.2, 0.25) is 10.0 Å². The molecule has 2 aliphatic heterocycles. The van der Waals surface area contributed by atoms with Gasteiger partial charge in [-0.1, -0.05) is 6.07 Å². The lowest BCUT2D eigenvalue weighted by Gasteiger charge is -2.52. The summed E-state index contributed by atoms with van der Waals surface area (Å²) in [5, 5.41) is 0. The third-order valence-electron chi connectivity index (χ3n) is 5.59. The first-order chi connectivity index (χ1) is 13.1. The Morgan fingerprint density at radius 2 is 1.78 bits per heavy atom. The molecule has 0 amide bonds. The predicted octanol–water partition coefficient (Wildman–Crippen LogP) is 1.70. The first kappa shape index (κ1) is 18.5. The van der Waals surface area contributed by atoms with Crippen molar-refractivity contribution in [1.29, 1.82) is 0 Å². The highest BCUT2D eigenvalue weighted by Crippen LogP contribution is 2.39. The van der Waals surface area contributed by atoms with Crippen LogP contribution in [0.25, 0.3) is 0 Å². The van der Waals surface area contributed by atoms with Gasteiger partial charge in [-0.25, -0.2) is 8.42 Å². The molecule has 2 saturated heterocycles. The van der Waals surface area contributed by atoms with E-state index in [1.165, 1.54) is 6.20 Å². The smallest absolute Gasteiger partial charge is 0.244 e. The molecular formula is C19H24N4O3S. The monoisotopic (exact) mass is 388 g/mol. The molecule has 0 bridgehead atoms. The van der Waals surface area contributed by atoms with Crippen LogP contribution in [0, 0.1) is 0 Å². The van der Waals surface area contributed by atoms with E-state index in [1.54, 1.807) is 35.9 Å². The lowest BCUT2D eigenvalue weighted by molar-refractivity contribution is -0.114. The molecule has 2 atom stereocenters. The Labute approximate surface area is 160 Å². The van der Waals surface area contributed by atoms with E-state index in [4.69, 9.17) is 4.74 Å². The number of hydrogen-bond donors (Lipinski definition) is 0. The van der Waals surface area contributed by atoms with Gasteiger partial charge in [0.1, 0.15) is 4.90 Å². The van der Waals surface area contributed by atoms with Gasteiger partial charge in [-0.3, -0.25) is 14.9 Å². The summed E-state index contributed by atoms with van der Waals surface area (Å²) in [6.45, 7) is 1.92. The zero-order valence-electron chi connectivity index (χ0n) is 15.3. The predicted molar refractivity (Wildman–Crippen MR) is 100 cm³/mol. The van der Waals surface area contributed by atoms with Crippen LogP contribution in [-0.4, -0.2) is 66.5 Å². The Morgan fingerprint density at radius 3 is 2.37 bits per heavy atom. The summed E-state index contributed by atoms with van der Waals surface area (Å²) in [7, 11) is -1.72. The first-order valence-corrected chi connectivity index (χ1v) is 10.6. The van der Waals surface area contributed by atoms with Crippen molar-refractivity contribution in [2.45, 2.75) is 35.9 Å². The number of nitrogens with zero attached hydrogens (tertiary/aromatic N) is 4. The SMILES string of the molecule is CO[C@H]1CN(C2CCN(S(=O)(=O)c3cccnc3)CC2)[C@H]1c1cccnc1. The lowest BCUT2D eigenvalue weighted by atomic mass is 9.88. The Kier molecular flexibility index (Phi) is 5.23. The maximum atomic E-state index is 12.8. The number of sulfonamides is 1. The molecule has 4 rings (SSSR count). The molecule has 144 valence electrons. The van der Waals surface area contributed by atoms with Gasteiger partial charge < -0.3 is 4.74 Å². The second-order valence-electron chi connectivity index (χ2n) is 7.03. The molecular weight excluding hydrogens is 364 g/mol. The van der Waals surface area contributed by atoms with E-state index in [0.717, 1.165) is 24.9 Å². The Morgan fingerprint density at radius 1 is 1.07 bits per heavy atom. The number of pyridine rings is 2. The van der Waals surface area contributed by atoms with E-state index < -0.39 is 10.0 Å². The maximum absolute atomic E-state index is 12.8. The third kappa shape index (κ3) is 3.50. The Hall–Kier alpha value is -1.87. The summed E-state index contributed by atoms with van der Waals surface area (Å²) in [5.74, 6) is 0. The normalized spacial score (nSPS) is 25.2. The van der Waals surface area contributed by atoms with E-state index in [9.17, 15) is 8.42 Å². The van der Waals surface area contributed by atoms with Crippen LogP contribution in [0.2, 0.25) is 0 Å². The summed E-state index contributed by atoms with van der Waals surface area (Å²) >= 11 is 0. The second-order valence-corrected chi connectivity index (χ2v) is 8.96. The molecule has 8 heteroatoms. The van der Waals surface area contributed by atoms with Crippen molar-refractivity contribution in [2.75, 3.05) is 26.7 Å². The average Bonchev–Trinajstić information content (AvgIpc) is 2.69. The van der Waals surface area contributed by atoms with E-state index in [1.807, 2.05) is 12.3 Å². The number of ether oxygens (including phenoxy) is 1. The van der Waals surface area contributed by atoms with Crippen LogP contribution < -0.4 is 0 Å². The van der Waals surface area contributed by atoms with Crippen molar-refractivity contribution >= 4 is 10.0 Å². The van der Waals surface area contributed by atoms with E-state index in [-0.39, 0.29) is 17.0 Å². The first-order valence-electron chi connectivity index (χ1n) is 9.20. The number of methoxy groups -OCH3 is 1. The van der Waals surface area contributed by atoms with Crippen LogP contribution in [0.15, 0.2) is 53.9 Å². The molecule has 2 aliphatic rings. The van der Waals surface area contributed by atoms with Gasteiger partial charge in [-0.05, 0) is 36.6 Å². The quantitative estimate of drug-likeness (QED) is 0.776. The standard InChI is InChI=1S/C19H24N4O3S/c1-26-18-14-23(19(18)15-4-2-8-20-12-15)16-6-10-22(11-7-16)27(24,25)17-5-3-9-21-13-17/h2-5,8-9,12-13,16,18-19H,6-7,10-11,14H2,1H3/t18-,19-/m0/s1. The van der Waals surface area contributed by atoms with E-state index >= 15 is 0 Å². The maximum Gasteiger partial charge on any atom is 0.244 e. The summed E-state index contributed by atoms with van der Waals surface area (Å²) in [6, 6.07) is 7.82. The van der Waals surface area contributed by atoms with Gasteiger partial charge in [0, 0.05) is 57.6 Å². The number of likely N-dealkylation sites (tertiary alicyclic amines) is 1. The number of rotatable bonds is 5. The number of hydrogen-bond acceptors (Lipinski definition) is 6. The van der Waals surface area contributed by atoms with Gasteiger partial charge >= 0.3 is 0 Å². The molecule has 27 heavy (non-hydrogen) atoms. The van der Waals surface area contributed by atoms with Gasteiger partial charge in [0.15, 0.2) is 0 Å². The van der Waals surface area contributed by atoms with Crippen LogP contribution in [-0.2, 0) is 14.8 Å². The van der Waals surface area contributed by atoms with Crippen molar-refractivity contribution in [2.24, 2.45) is 0 Å². The van der Waals surface area contributed by atoms with Crippen LogP contribution in [0.4, 0.5) is 0 Å². The zero-order chi connectivity index (χ0) is 18.9. The molecule has 0 radical (unpaired) electrons. The molecule has 0 saturated carbocycles. The minimum absolute atomic E-state index is 0.159. The van der Waals surface area contributed by atoms with Gasteiger partial charge in [-0.15, -0.1) is 0 Å². The molecule has 0 unspecified atom stereocenters. The molecule has 2 aromatic rings. The van der Waals surface area contributed by atoms with E-state index in [0.29, 0.717) is 19.1 Å². The lowest BCUT2D eigenvalue weighted by Crippen LogP contribution is -2.60. The van der Waals surface area contributed by atoms with Crippen LogP contribution in [0.3, 0.4) is 0 Å². The summed E-state index contributed by atoms with van der Waals surface area (Å²) in [5.41, 5.74) is 1.15. The minimum atomic E-state index is -3.46. The van der Waals surface area contributed by atoms with Crippen molar-refractivity contribution in [3.8, 4) is 0 Å². The van der Waals surface area contributed by atoms with E-state index in [2.05, 4.69) is 20.9 Å². The Bertz CT molecular complexity index is 855. The molecule has 0 aliphatic carbocycles. The molecule has 4 heterocycles. The molecule has 0 spiro atoms. The van der Waals surface area contributed by atoms with Crippen LogP contribution >= 0.6 is 0 Å². The zero-order valence-corrected chi connectivity index (χ0v) is 16.1. The summed E-state index contributed by atoms with van der Waals surface area (Å²) in [6.07, 6.45) is 8.45.